The Morgan fingerprint density at radius 3 is 2.42 bits per heavy atom. The molecule has 0 radical (unpaired) electrons. The third-order valence-corrected chi connectivity index (χ3v) is 5.14. The molecule has 1 N–H and O–H groups in total. The minimum absolute atomic E-state index is 0.207. The molecule has 2 aromatic carbocycles. The summed E-state index contributed by atoms with van der Waals surface area (Å²) in [6.07, 6.45) is 3.17. The maximum atomic E-state index is 13.1. The Morgan fingerprint density at radius 1 is 0.935 bits per heavy atom. The van der Waals surface area contributed by atoms with Crippen LogP contribution in [0.4, 0.5) is 5.69 Å². The van der Waals surface area contributed by atoms with Crippen LogP contribution in [-0.4, -0.2) is 25.9 Å². The molecule has 31 heavy (non-hydrogen) atoms. The Labute approximate surface area is 177 Å². The molecule has 0 fully saturated rings. The van der Waals surface area contributed by atoms with Gasteiger partial charge in [-0.15, -0.1) is 0 Å². The van der Waals surface area contributed by atoms with E-state index < -0.39 is 0 Å². The van der Waals surface area contributed by atoms with Crippen molar-refractivity contribution >= 4 is 33.6 Å². The fourth-order valence-electron chi connectivity index (χ4n) is 3.71. The third-order valence-electron chi connectivity index (χ3n) is 5.14. The van der Waals surface area contributed by atoms with Gasteiger partial charge in [0.25, 0.3) is 5.56 Å². The van der Waals surface area contributed by atoms with E-state index >= 15 is 0 Å². The number of rotatable bonds is 3. The summed E-state index contributed by atoms with van der Waals surface area (Å²) in [4.78, 5) is 26.6. The molecule has 3 aromatic heterocycles. The Balaban J connectivity index is 1.77. The van der Waals surface area contributed by atoms with Crippen molar-refractivity contribution in [3.8, 4) is 11.7 Å². The molecule has 0 aliphatic rings. The summed E-state index contributed by atoms with van der Waals surface area (Å²) < 4.78 is 1.21. The van der Waals surface area contributed by atoms with Gasteiger partial charge in [0.15, 0.2) is 0 Å². The van der Waals surface area contributed by atoms with E-state index in [0.29, 0.717) is 22.2 Å². The van der Waals surface area contributed by atoms with Crippen LogP contribution in [0, 0.1) is 6.92 Å². The fourth-order valence-corrected chi connectivity index (χ4v) is 3.71. The lowest BCUT2D eigenvalue weighted by atomic mass is 10.1. The lowest BCUT2D eigenvalue weighted by Gasteiger charge is -2.13. The molecule has 0 saturated carbocycles. The highest BCUT2D eigenvalue weighted by Crippen LogP contribution is 2.28. The second-order valence-electron chi connectivity index (χ2n) is 7.17. The predicted molar refractivity (Wildman–Crippen MR) is 123 cm³/mol. The van der Waals surface area contributed by atoms with Crippen molar-refractivity contribution in [2.45, 2.75) is 6.92 Å². The summed E-state index contributed by atoms with van der Waals surface area (Å²) in [5, 5.41) is 13.1. The van der Waals surface area contributed by atoms with Crippen LogP contribution in [0.5, 0.6) is 5.88 Å². The van der Waals surface area contributed by atoms with Gasteiger partial charge < -0.3 is 5.11 Å². The molecule has 5 aromatic rings. The summed E-state index contributed by atoms with van der Waals surface area (Å²) in [7, 11) is 0. The molecule has 150 valence electrons. The van der Waals surface area contributed by atoms with Gasteiger partial charge >= 0.3 is 0 Å². The zero-order valence-corrected chi connectivity index (χ0v) is 16.7. The average molecular weight is 406 g/mol. The lowest BCUT2D eigenvalue weighted by Crippen LogP contribution is -2.20. The molecule has 0 atom stereocenters. The second-order valence-corrected chi connectivity index (χ2v) is 7.17. The highest BCUT2D eigenvalue weighted by atomic mass is 16.3. The van der Waals surface area contributed by atoms with Crippen molar-refractivity contribution in [2.24, 2.45) is 4.99 Å². The van der Waals surface area contributed by atoms with E-state index in [4.69, 9.17) is 0 Å². The molecule has 5 rings (SSSR count). The normalized spacial score (nSPS) is 11.5. The number of aryl methyl sites for hydroxylation is 1. The van der Waals surface area contributed by atoms with Crippen LogP contribution < -0.4 is 5.56 Å². The summed E-state index contributed by atoms with van der Waals surface area (Å²) in [6, 6.07) is 22.0. The largest absolute Gasteiger partial charge is 0.494 e. The van der Waals surface area contributed by atoms with E-state index in [0.717, 1.165) is 22.3 Å². The van der Waals surface area contributed by atoms with E-state index in [-0.39, 0.29) is 11.4 Å². The molecule has 6 nitrogen and oxygen atoms in total. The molecule has 0 amide bonds. The van der Waals surface area contributed by atoms with Gasteiger partial charge in [0.2, 0.25) is 5.88 Å². The highest BCUT2D eigenvalue weighted by Gasteiger charge is 2.17. The number of aromatic nitrogens is 3. The minimum atomic E-state index is -0.339. The number of benzene rings is 2. The molecule has 6 heteroatoms. The Kier molecular flexibility index (Phi) is 4.52. The van der Waals surface area contributed by atoms with Gasteiger partial charge in [-0.2, -0.15) is 0 Å². The maximum absolute atomic E-state index is 13.1. The zero-order chi connectivity index (χ0) is 21.4. The van der Waals surface area contributed by atoms with Crippen molar-refractivity contribution in [2.75, 3.05) is 0 Å². The lowest BCUT2D eigenvalue weighted by molar-refractivity contribution is 0.435. The number of hydrogen-bond donors (Lipinski definition) is 1. The Morgan fingerprint density at radius 2 is 1.65 bits per heavy atom. The van der Waals surface area contributed by atoms with Gasteiger partial charge in [-0.25, -0.2) is 9.55 Å². The van der Waals surface area contributed by atoms with Gasteiger partial charge in [-0.3, -0.25) is 14.8 Å². The van der Waals surface area contributed by atoms with Crippen molar-refractivity contribution in [3.63, 3.8) is 0 Å². The topological polar surface area (TPSA) is 80.4 Å². The number of aliphatic imine (C=N–C) groups is 1. The number of nitrogens with zero attached hydrogens (tertiary/aromatic N) is 4. The summed E-state index contributed by atoms with van der Waals surface area (Å²) >= 11 is 0. The molecular formula is C25H18N4O2. The van der Waals surface area contributed by atoms with Crippen LogP contribution in [0.25, 0.3) is 27.5 Å². The van der Waals surface area contributed by atoms with Crippen molar-refractivity contribution in [1.29, 1.82) is 0 Å². The quantitative estimate of drug-likeness (QED) is 0.441. The minimum Gasteiger partial charge on any atom is -0.494 e. The van der Waals surface area contributed by atoms with Gasteiger partial charge in [-0.05, 0) is 37.3 Å². The number of aromatic hydroxyl groups is 1. The van der Waals surface area contributed by atoms with E-state index in [1.165, 1.54) is 4.57 Å². The standard InChI is InChI=1S/C25H18N4O2/c1-16-14-22(19-10-4-5-11-21(19)28-16)27-15-20-17-8-2-3-9-18(17)24(30)29(25(20)31)23-12-6-7-13-26-23/h2-15,31H,1H3. The molecular weight excluding hydrogens is 388 g/mol. The van der Waals surface area contributed by atoms with Gasteiger partial charge in [0.05, 0.1) is 16.8 Å². The second kappa shape index (κ2) is 7.50. The van der Waals surface area contributed by atoms with E-state index in [1.54, 1.807) is 48.8 Å². The molecule has 0 unspecified atom stereocenters. The number of para-hydroxylation sites is 1. The number of pyridine rings is 3. The van der Waals surface area contributed by atoms with Gasteiger partial charge in [0, 0.05) is 34.3 Å². The number of fused-ring (bicyclic) bond motifs is 2. The van der Waals surface area contributed by atoms with Gasteiger partial charge in [-0.1, -0.05) is 42.5 Å². The van der Waals surface area contributed by atoms with E-state index in [9.17, 15) is 9.90 Å². The van der Waals surface area contributed by atoms with E-state index in [1.807, 2.05) is 43.3 Å². The fraction of sp³-hybridized carbons (Fsp3) is 0.0400. The van der Waals surface area contributed by atoms with Crippen LogP contribution in [0.2, 0.25) is 0 Å². The van der Waals surface area contributed by atoms with Gasteiger partial charge in [0.1, 0.15) is 5.82 Å². The van der Waals surface area contributed by atoms with Crippen molar-refractivity contribution in [1.82, 2.24) is 14.5 Å². The Hall–Kier alpha value is -4.32. The molecule has 0 aliphatic carbocycles. The zero-order valence-electron chi connectivity index (χ0n) is 16.7. The highest BCUT2D eigenvalue weighted by molar-refractivity contribution is 6.03. The Bertz CT molecular complexity index is 1520. The van der Waals surface area contributed by atoms with Crippen molar-refractivity contribution < 1.29 is 5.11 Å². The van der Waals surface area contributed by atoms with Crippen LogP contribution in [-0.2, 0) is 0 Å². The van der Waals surface area contributed by atoms with E-state index in [2.05, 4.69) is 15.0 Å². The number of hydrogen-bond acceptors (Lipinski definition) is 5. The molecule has 0 saturated heterocycles. The molecule has 3 heterocycles. The van der Waals surface area contributed by atoms with Crippen molar-refractivity contribution in [3.05, 3.63) is 101 Å². The van der Waals surface area contributed by atoms with Crippen LogP contribution in [0.1, 0.15) is 11.3 Å². The maximum Gasteiger partial charge on any atom is 0.267 e. The monoisotopic (exact) mass is 406 g/mol. The summed E-state index contributed by atoms with van der Waals surface area (Å²) in [5.74, 6) is 0.136. The molecule has 0 spiro atoms. The van der Waals surface area contributed by atoms with Crippen LogP contribution >= 0.6 is 0 Å². The SMILES string of the molecule is Cc1cc(N=Cc2c(O)n(-c3ccccn3)c(=O)c3ccccc23)c2ccccc2n1. The average Bonchev–Trinajstić information content (AvgIpc) is 2.79. The molecule has 0 bridgehead atoms. The smallest absolute Gasteiger partial charge is 0.267 e. The predicted octanol–water partition coefficient (Wildman–Crippen LogP) is 4.70. The summed E-state index contributed by atoms with van der Waals surface area (Å²) in [5.41, 5.74) is 2.54. The molecule has 0 aliphatic heterocycles. The van der Waals surface area contributed by atoms with Crippen LogP contribution in [0.15, 0.2) is 88.8 Å². The van der Waals surface area contributed by atoms with Crippen LogP contribution in [0.3, 0.4) is 0 Å². The first-order chi connectivity index (χ1) is 15.1. The summed E-state index contributed by atoms with van der Waals surface area (Å²) in [6.45, 7) is 1.92. The third kappa shape index (κ3) is 3.24. The first kappa shape index (κ1) is 18.7. The first-order valence-electron chi connectivity index (χ1n) is 9.82. The first-order valence-corrected chi connectivity index (χ1v) is 9.82.